The van der Waals surface area contributed by atoms with Gasteiger partial charge in [-0.1, -0.05) is 30.3 Å². The second-order valence-electron chi connectivity index (χ2n) is 8.06. The van der Waals surface area contributed by atoms with Gasteiger partial charge in [-0.25, -0.2) is 8.78 Å². The molecule has 1 aliphatic rings. The fourth-order valence-corrected chi connectivity index (χ4v) is 4.06. The van der Waals surface area contributed by atoms with E-state index in [1.807, 2.05) is 42.5 Å². The van der Waals surface area contributed by atoms with Gasteiger partial charge in [0, 0.05) is 37.4 Å². The lowest BCUT2D eigenvalue weighted by Crippen LogP contribution is -2.44. The standard InChI is InChI=1S/C27H26F2N2O2/c1-30-14-16-31(17-15-30)24-12-10-19(21-6-3-4-9-26(21)33-2)18-20(24)11-13-25(32)27-22(28)7-5-8-23(27)29/h3-13,18H,14-17H2,1-2H3. The van der Waals surface area contributed by atoms with E-state index >= 15 is 0 Å². The van der Waals surface area contributed by atoms with Crippen molar-refractivity contribution in [3.05, 3.63) is 89.5 Å². The summed E-state index contributed by atoms with van der Waals surface area (Å²) in [6.07, 6.45) is 2.88. The summed E-state index contributed by atoms with van der Waals surface area (Å²) in [7, 11) is 3.71. The van der Waals surface area contributed by atoms with Crippen LogP contribution in [0.4, 0.5) is 14.5 Å². The van der Waals surface area contributed by atoms with Crippen molar-refractivity contribution < 1.29 is 18.3 Å². The van der Waals surface area contributed by atoms with Crippen molar-refractivity contribution in [2.45, 2.75) is 0 Å². The number of allylic oxidation sites excluding steroid dienone is 1. The molecule has 1 saturated heterocycles. The number of carbonyl (C=O) groups excluding carboxylic acids is 1. The Morgan fingerprint density at radius 2 is 1.64 bits per heavy atom. The Balaban J connectivity index is 1.74. The number of para-hydroxylation sites is 1. The summed E-state index contributed by atoms with van der Waals surface area (Å²) in [6, 6.07) is 17.2. The van der Waals surface area contributed by atoms with Crippen LogP contribution in [0.5, 0.6) is 5.75 Å². The Kier molecular flexibility index (Phi) is 6.84. The molecule has 0 radical (unpaired) electrons. The number of piperazine rings is 1. The molecule has 0 N–H and O–H groups in total. The zero-order valence-corrected chi connectivity index (χ0v) is 18.7. The van der Waals surface area contributed by atoms with E-state index in [2.05, 4.69) is 16.8 Å². The van der Waals surface area contributed by atoms with Gasteiger partial charge in [-0.15, -0.1) is 0 Å². The Morgan fingerprint density at radius 3 is 2.33 bits per heavy atom. The third-order valence-electron chi connectivity index (χ3n) is 5.91. The zero-order valence-electron chi connectivity index (χ0n) is 18.7. The van der Waals surface area contributed by atoms with Gasteiger partial charge in [-0.3, -0.25) is 4.79 Å². The number of anilines is 1. The molecule has 0 amide bonds. The van der Waals surface area contributed by atoms with E-state index in [9.17, 15) is 13.6 Å². The summed E-state index contributed by atoms with van der Waals surface area (Å²) in [6.45, 7) is 3.55. The first kappa shape index (κ1) is 22.7. The number of hydrogen-bond acceptors (Lipinski definition) is 4. The average Bonchev–Trinajstić information content (AvgIpc) is 2.83. The van der Waals surface area contributed by atoms with Crippen LogP contribution in [0.2, 0.25) is 0 Å². The highest BCUT2D eigenvalue weighted by atomic mass is 19.1. The van der Waals surface area contributed by atoms with Crippen molar-refractivity contribution in [1.29, 1.82) is 0 Å². The highest BCUT2D eigenvalue weighted by Crippen LogP contribution is 2.34. The topological polar surface area (TPSA) is 32.8 Å². The first-order valence-corrected chi connectivity index (χ1v) is 10.9. The van der Waals surface area contributed by atoms with E-state index in [0.717, 1.165) is 66.4 Å². The van der Waals surface area contributed by atoms with Gasteiger partial charge in [0.25, 0.3) is 0 Å². The molecule has 0 bridgehead atoms. The lowest BCUT2D eigenvalue weighted by molar-refractivity contribution is 0.104. The molecule has 0 aromatic heterocycles. The smallest absolute Gasteiger partial charge is 0.191 e. The number of carbonyl (C=O) groups is 1. The minimum Gasteiger partial charge on any atom is -0.496 e. The number of rotatable bonds is 6. The monoisotopic (exact) mass is 448 g/mol. The van der Waals surface area contributed by atoms with Crippen LogP contribution < -0.4 is 9.64 Å². The highest BCUT2D eigenvalue weighted by molar-refractivity contribution is 6.07. The van der Waals surface area contributed by atoms with Crippen LogP contribution in [0.3, 0.4) is 0 Å². The third kappa shape index (κ3) is 4.96. The molecular weight excluding hydrogens is 422 g/mol. The molecule has 4 rings (SSSR count). The lowest BCUT2D eigenvalue weighted by Gasteiger charge is -2.35. The molecule has 4 nitrogen and oxygen atoms in total. The molecule has 33 heavy (non-hydrogen) atoms. The molecule has 0 unspecified atom stereocenters. The van der Waals surface area contributed by atoms with Gasteiger partial charge in [0.15, 0.2) is 5.78 Å². The summed E-state index contributed by atoms with van der Waals surface area (Å²) in [5, 5.41) is 0. The van der Waals surface area contributed by atoms with E-state index < -0.39 is 23.0 Å². The predicted molar refractivity (Wildman–Crippen MR) is 128 cm³/mol. The molecule has 1 heterocycles. The summed E-state index contributed by atoms with van der Waals surface area (Å²) in [5.74, 6) is -1.71. The second kappa shape index (κ2) is 9.96. The largest absolute Gasteiger partial charge is 0.496 e. The first-order chi connectivity index (χ1) is 16.0. The second-order valence-corrected chi connectivity index (χ2v) is 8.06. The maximum atomic E-state index is 14.1. The van der Waals surface area contributed by atoms with E-state index in [1.54, 1.807) is 13.2 Å². The summed E-state index contributed by atoms with van der Waals surface area (Å²) in [5.41, 5.74) is 3.07. The molecule has 170 valence electrons. The van der Waals surface area contributed by atoms with Gasteiger partial charge in [-0.2, -0.15) is 0 Å². The number of ketones is 1. The van der Waals surface area contributed by atoms with Gasteiger partial charge < -0.3 is 14.5 Å². The molecule has 3 aromatic carbocycles. The van der Waals surface area contributed by atoms with Crippen LogP contribution in [0.25, 0.3) is 17.2 Å². The van der Waals surface area contributed by atoms with Crippen LogP contribution in [0, 0.1) is 11.6 Å². The van der Waals surface area contributed by atoms with Crippen LogP contribution in [-0.4, -0.2) is 51.0 Å². The Hall–Kier alpha value is -3.51. The van der Waals surface area contributed by atoms with Crippen molar-refractivity contribution in [3.63, 3.8) is 0 Å². The van der Waals surface area contributed by atoms with Crippen molar-refractivity contribution in [2.75, 3.05) is 45.2 Å². The molecule has 1 fully saturated rings. The normalized spacial score (nSPS) is 14.6. The van der Waals surface area contributed by atoms with Gasteiger partial charge >= 0.3 is 0 Å². The molecule has 0 spiro atoms. The molecular formula is C27H26F2N2O2. The zero-order chi connectivity index (χ0) is 23.4. The van der Waals surface area contributed by atoms with Crippen molar-refractivity contribution in [3.8, 4) is 16.9 Å². The molecule has 0 atom stereocenters. The van der Waals surface area contributed by atoms with E-state index in [0.29, 0.717) is 0 Å². The van der Waals surface area contributed by atoms with Crippen LogP contribution >= 0.6 is 0 Å². The number of methoxy groups -OCH3 is 1. The number of nitrogens with zero attached hydrogens (tertiary/aromatic N) is 2. The average molecular weight is 449 g/mol. The lowest BCUT2D eigenvalue weighted by atomic mass is 9.99. The number of benzene rings is 3. The van der Waals surface area contributed by atoms with E-state index in [4.69, 9.17) is 4.74 Å². The fraction of sp³-hybridized carbons (Fsp3) is 0.222. The summed E-state index contributed by atoms with van der Waals surface area (Å²) < 4.78 is 33.7. The maximum Gasteiger partial charge on any atom is 0.191 e. The third-order valence-corrected chi connectivity index (χ3v) is 5.91. The molecule has 0 aliphatic carbocycles. The SMILES string of the molecule is COc1ccccc1-c1ccc(N2CCN(C)CC2)c(C=CC(=O)c2c(F)cccc2F)c1. The summed E-state index contributed by atoms with van der Waals surface area (Å²) in [4.78, 5) is 17.2. The Morgan fingerprint density at radius 1 is 0.939 bits per heavy atom. The van der Waals surface area contributed by atoms with Gasteiger partial charge in [-0.05, 0) is 60.7 Å². The fourth-order valence-electron chi connectivity index (χ4n) is 4.06. The van der Waals surface area contributed by atoms with Crippen molar-refractivity contribution >= 4 is 17.5 Å². The minimum atomic E-state index is -0.869. The van der Waals surface area contributed by atoms with Gasteiger partial charge in [0.05, 0.1) is 12.7 Å². The molecule has 0 saturated carbocycles. The Labute approximate surface area is 192 Å². The molecule has 6 heteroatoms. The number of hydrogen-bond donors (Lipinski definition) is 0. The van der Waals surface area contributed by atoms with Crippen LogP contribution in [0.15, 0.2) is 66.7 Å². The van der Waals surface area contributed by atoms with Gasteiger partial charge in [0.1, 0.15) is 17.4 Å². The molecule has 3 aromatic rings. The predicted octanol–water partition coefficient (Wildman–Crippen LogP) is 5.29. The van der Waals surface area contributed by atoms with Crippen LogP contribution in [0.1, 0.15) is 15.9 Å². The quantitative estimate of drug-likeness (QED) is 0.379. The Bertz CT molecular complexity index is 1160. The number of likely N-dealkylation sites (N-methyl/N-ethyl adjacent to an activating group) is 1. The number of halogens is 2. The van der Waals surface area contributed by atoms with E-state index in [1.165, 1.54) is 12.1 Å². The first-order valence-electron chi connectivity index (χ1n) is 10.9. The van der Waals surface area contributed by atoms with Gasteiger partial charge in [0.2, 0.25) is 0 Å². The minimum absolute atomic E-state index is 0.546. The highest BCUT2D eigenvalue weighted by Gasteiger charge is 2.19. The van der Waals surface area contributed by atoms with Crippen molar-refractivity contribution in [2.24, 2.45) is 0 Å². The maximum absolute atomic E-state index is 14.1. The number of ether oxygens (including phenoxy) is 1. The summed E-state index contributed by atoms with van der Waals surface area (Å²) >= 11 is 0. The van der Waals surface area contributed by atoms with E-state index in [-0.39, 0.29) is 0 Å². The molecule has 1 aliphatic heterocycles. The van der Waals surface area contributed by atoms with Crippen molar-refractivity contribution in [1.82, 2.24) is 4.90 Å². The van der Waals surface area contributed by atoms with Crippen LogP contribution in [-0.2, 0) is 0 Å².